The van der Waals surface area contributed by atoms with Crippen LogP contribution in [0.15, 0.2) is 0 Å². The van der Waals surface area contributed by atoms with Crippen molar-refractivity contribution in [2.75, 3.05) is 6.54 Å². The molecule has 0 aromatic heterocycles. The highest BCUT2D eigenvalue weighted by Gasteiger charge is 2.31. The summed E-state index contributed by atoms with van der Waals surface area (Å²) in [5.41, 5.74) is 0. The molecule has 1 rings (SSSR count). The lowest BCUT2D eigenvalue weighted by Crippen LogP contribution is -2.47. The number of likely N-dealkylation sites (tertiary alicyclic amines) is 1. The first-order chi connectivity index (χ1) is 9.16. The minimum absolute atomic E-state index is 0.0302. The van der Waals surface area contributed by atoms with Crippen LogP contribution in [0.2, 0.25) is 0 Å². The smallest absolute Gasteiger partial charge is 0.326 e. The van der Waals surface area contributed by atoms with E-state index < -0.39 is 12.0 Å². The van der Waals surface area contributed by atoms with Gasteiger partial charge in [0.25, 0.3) is 0 Å². The van der Waals surface area contributed by atoms with Crippen LogP contribution in [-0.2, 0) is 9.59 Å². The first-order valence-electron chi connectivity index (χ1n) is 7.69. The van der Waals surface area contributed by atoms with Gasteiger partial charge in [-0.05, 0) is 25.7 Å². The minimum atomic E-state index is -0.851. The Labute approximate surface area is 116 Å². The zero-order chi connectivity index (χ0) is 14.1. The number of unbranched alkanes of at least 4 members (excludes halogenated alkanes) is 5. The molecule has 1 atom stereocenters. The van der Waals surface area contributed by atoms with Gasteiger partial charge in [-0.1, -0.05) is 39.0 Å². The van der Waals surface area contributed by atoms with Crippen LogP contribution in [0.4, 0.5) is 0 Å². The molecule has 0 bridgehead atoms. The second-order valence-corrected chi connectivity index (χ2v) is 5.45. The molecule has 19 heavy (non-hydrogen) atoms. The van der Waals surface area contributed by atoms with Gasteiger partial charge in [-0.25, -0.2) is 4.79 Å². The van der Waals surface area contributed by atoms with Crippen molar-refractivity contribution in [2.24, 2.45) is 0 Å². The van der Waals surface area contributed by atoms with Crippen molar-refractivity contribution in [3.05, 3.63) is 0 Å². The highest BCUT2D eigenvalue weighted by atomic mass is 16.4. The van der Waals surface area contributed by atoms with Crippen molar-refractivity contribution in [1.29, 1.82) is 0 Å². The Balaban J connectivity index is 2.25. The topological polar surface area (TPSA) is 57.6 Å². The summed E-state index contributed by atoms with van der Waals surface area (Å²) < 4.78 is 0. The van der Waals surface area contributed by atoms with Crippen molar-refractivity contribution in [3.8, 4) is 0 Å². The molecule has 0 aliphatic carbocycles. The first kappa shape index (κ1) is 16.0. The average molecular weight is 269 g/mol. The molecule has 0 unspecified atom stereocenters. The molecule has 0 spiro atoms. The van der Waals surface area contributed by atoms with Gasteiger partial charge in [-0.15, -0.1) is 0 Å². The Morgan fingerprint density at radius 2 is 1.79 bits per heavy atom. The summed E-state index contributed by atoms with van der Waals surface area (Å²) >= 11 is 0. The minimum Gasteiger partial charge on any atom is -0.480 e. The van der Waals surface area contributed by atoms with Crippen molar-refractivity contribution >= 4 is 11.9 Å². The van der Waals surface area contributed by atoms with Gasteiger partial charge in [0, 0.05) is 13.0 Å². The number of hydrogen-bond donors (Lipinski definition) is 1. The molecule has 1 N–H and O–H groups in total. The Kier molecular flexibility index (Phi) is 7.53. The van der Waals surface area contributed by atoms with Crippen molar-refractivity contribution in [2.45, 2.75) is 77.2 Å². The molecule has 110 valence electrons. The zero-order valence-electron chi connectivity index (χ0n) is 12.1. The van der Waals surface area contributed by atoms with Gasteiger partial charge >= 0.3 is 5.97 Å². The third-order valence-electron chi connectivity index (χ3n) is 3.85. The quantitative estimate of drug-likeness (QED) is 0.688. The number of carboxylic acids is 1. The van der Waals surface area contributed by atoms with Crippen LogP contribution in [0.5, 0.6) is 0 Å². The molecule has 0 saturated carbocycles. The van der Waals surface area contributed by atoms with E-state index in [4.69, 9.17) is 5.11 Å². The van der Waals surface area contributed by atoms with Crippen LogP contribution in [0.25, 0.3) is 0 Å². The number of hydrogen-bond acceptors (Lipinski definition) is 2. The lowest BCUT2D eigenvalue weighted by atomic mass is 10.0. The van der Waals surface area contributed by atoms with Crippen molar-refractivity contribution in [1.82, 2.24) is 4.90 Å². The Hall–Kier alpha value is -1.06. The summed E-state index contributed by atoms with van der Waals surface area (Å²) in [6, 6.07) is -0.582. The van der Waals surface area contributed by atoms with Gasteiger partial charge < -0.3 is 10.0 Å². The SMILES string of the molecule is CCCCCCCCC(=O)N1CCCC[C@@H]1C(=O)O. The predicted octanol–water partition coefficient (Wildman–Crippen LogP) is 3.20. The summed E-state index contributed by atoms with van der Waals surface area (Å²) in [4.78, 5) is 24.8. The maximum Gasteiger partial charge on any atom is 0.326 e. The normalized spacial score (nSPS) is 19.4. The van der Waals surface area contributed by atoms with E-state index in [9.17, 15) is 9.59 Å². The zero-order valence-corrected chi connectivity index (χ0v) is 12.1. The largest absolute Gasteiger partial charge is 0.480 e. The molecule has 1 fully saturated rings. The lowest BCUT2D eigenvalue weighted by molar-refractivity contribution is -0.152. The fourth-order valence-corrected chi connectivity index (χ4v) is 2.69. The van der Waals surface area contributed by atoms with Gasteiger partial charge in [-0.3, -0.25) is 4.79 Å². The van der Waals surface area contributed by atoms with Crippen LogP contribution >= 0.6 is 0 Å². The van der Waals surface area contributed by atoms with Gasteiger partial charge in [0.05, 0.1) is 0 Å². The molecule has 1 aliphatic rings. The monoisotopic (exact) mass is 269 g/mol. The van der Waals surface area contributed by atoms with E-state index in [1.165, 1.54) is 25.7 Å². The predicted molar refractivity (Wildman–Crippen MR) is 75.0 cm³/mol. The van der Waals surface area contributed by atoms with E-state index in [2.05, 4.69) is 6.92 Å². The van der Waals surface area contributed by atoms with E-state index in [-0.39, 0.29) is 5.91 Å². The van der Waals surface area contributed by atoms with Crippen LogP contribution in [-0.4, -0.2) is 34.5 Å². The number of carbonyl (C=O) groups is 2. The molecule has 0 aromatic rings. The van der Waals surface area contributed by atoms with Crippen LogP contribution in [0.1, 0.15) is 71.1 Å². The standard InChI is InChI=1S/C15H27NO3/c1-2-3-4-5-6-7-11-14(17)16-12-9-8-10-13(16)15(18)19/h13H,2-12H2,1H3,(H,18,19)/t13-/m1/s1. The van der Waals surface area contributed by atoms with E-state index in [1.54, 1.807) is 4.90 Å². The van der Waals surface area contributed by atoms with E-state index in [1.807, 2.05) is 0 Å². The maximum absolute atomic E-state index is 12.1. The fraction of sp³-hybridized carbons (Fsp3) is 0.867. The number of piperidine rings is 1. The third-order valence-corrected chi connectivity index (χ3v) is 3.85. The Bertz CT molecular complexity index is 291. The van der Waals surface area contributed by atoms with Crippen molar-refractivity contribution in [3.63, 3.8) is 0 Å². The highest BCUT2D eigenvalue weighted by molar-refractivity contribution is 5.83. The molecule has 1 aliphatic heterocycles. The molecule has 0 aromatic carbocycles. The second kappa shape index (κ2) is 8.94. The van der Waals surface area contributed by atoms with Gasteiger partial charge in [0.2, 0.25) is 5.91 Å². The van der Waals surface area contributed by atoms with E-state index in [0.717, 1.165) is 25.7 Å². The average Bonchev–Trinajstić information content (AvgIpc) is 2.42. The number of nitrogens with zero attached hydrogens (tertiary/aromatic N) is 1. The number of carbonyl (C=O) groups excluding carboxylic acids is 1. The molecular weight excluding hydrogens is 242 g/mol. The van der Waals surface area contributed by atoms with Crippen LogP contribution in [0, 0.1) is 0 Å². The third kappa shape index (κ3) is 5.62. The molecule has 1 amide bonds. The molecule has 1 heterocycles. The number of carboxylic acid groups (broad SMARTS) is 1. The summed E-state index contributed by atoms with van der Waals surface area (Å²) in [6.07, 6.45) is 9.86. The van der Waals surface area contributed by atoms with Crippen LogP contribution < -0.4 is 0 Å². The van der Waals surface area contributed by atoms with Gasteiger partial charge in [0.1, 0.15) is 6.04 Å². The van der Waals surface area contributed by atoms with Crippen molar-refractivity contribution < 1.29 is 14.7 Å². The fourth-order valence-electron chi connectivity index (χ4n) is 2.69. The summed E-state index contributed by atoms with van der Waals surface area (Å²) in [6.45, 7) is 2.80. The van der Waals surface area contributed by atoms with Gasteiger partial charge in [0.15, 0.2) is 0 Å². The van der Waals surface area contributed by atoms with Crippen LogP contribution in [0.3, 0.4) is 0 Å². The van der Waals surface area contributed by atoms with E-state index >= 15 is 0 Å². The van der Waals surface area contributed by atoms with Gasteiger partial charge in [-0.2, -0.15) is 0 Å². The Morgan fingerprint density at radius 3 is 2.47 bits per heavy atom. The number of rotatable bonds is 8. The Morgan fingerprint density at radius 1 is 1.11 bits per heavy atom. The highest BCUT2D eigenvalue weighted by Crippen LogP contribution is 2.19. The summed E-state index contributed by atoms with van der Waals surface area (Å²) in [5.74, 6) is -0.821. The molecule has 0 radical (unpaired) electrons. The summed E-state index contributed by atoms with van der Waals surface area (Å²) in [5, 5.41) is 9.13. The molecular formula is C15H27NO3. The maximum atomic E-state index is 12.1. The number of amides is 1. The summed E-state index contributed by atoms with van der Waals surface area (Å²) in [7, 11) is 0. The molecule has 4 heteroatoms. The second-order valence-electron chi connectivity index (χ2n) is 5.45. The first-order valence-corrected chi connectivity index (χ1v) is 7.69. The number of aliphatic carboxylic acids is 1. The molecule has 1 saturated heterocycles. The molecule has 4 nitrogen and oxygen atoms in total. The lowest BCUT2D eigenvalue weighted by Gasteiger charge is -2.33. The van der Waals surface area contributed by atoms with E-state index in [0.29, 0.717) is 19.4 Å².